The van der Waals surface area contributed by atoms with E-state index in [1.54, 1.807) is 11.0 Å². The van der Waals surface area contributed by atoms with E-state index in [-0.39, 0.29) is 24.2 Å². The average molecular weight is 338 g/mol. The largest absolute Gasteiger partial charge is 0.334 e. The molecule has 128 valence electrons. The number of rotatable bonds is 4. The molecule has 2 heterocycles. The fraction of sp³-hybridized carbons (Fsp3) is 0.444. The molecule has 0 spiro atoms. The van der Waals surface area contributed by atoms with Gasteiger partial charge in [-0.2, -0.15) is 5.26 Å². The Bertz CT molecular complexity index is 824. The molecule has 1 saturated heterocycles. The van der Waals surface area contributed by atoms with Gasteiger partial charge in [0.2, 0.25) is 5.91 Å². The van der Waals surface area contributed by atoms with Crippen LogP contribution >= 0.6 is 0 Å². The summed E-state index contributed by atoms with van der Waals surface area (Å²) in [7, 11) is 0. The minimum atomic E-state index is -0.923. The van der Waals surface area contributed by atoms with Crippen LogP contribution in [0, 0.1) is 17.2 Å². The minimum Gasteiger partial charge on any atom is -0.334 e. The zero-order chi connectivity index (χ0) is 17.6. The molecule has 2 aliphatic heterocycles. The fourth-order valence-electron chi connectivity index (χ4n) is 3.85. The summed E-state index contributed by atoms with van der Waals surface area (Å²) in [5.41, 5.74) is 1.71. The first kappa shape index (κ1) is 15.6. The van der Waals surface area contributed by atoms with Crippen molar-refractivity contribution in [3.8, 4) is 6.07 Å². The normalized spacial score (nSPS) is 24.5. The van der Waals surface area contributed by atoms with E-state index in [0.717, 1.165) is 24.0 Å². The zero-order valence-electron chi connectivity index (χ0n) is 13.7. The van der Waals surface area contributed by atoms with E-state index in [1.165, 1.54) is 0 Å². The first-order valence-electron chi connectivity index (χ1n) is 8.45. The summed E-state index contributed by atoms with van der Waals surface area (Å²) in [5, 5.41) is 14.0. The third kappa shape index (κ3) is 2.64. The van der Waals surface area contributed by atoms with Gasteiger partial charge in [-0.15, -0.1) is 0 Å². The van der Waals surface area contributed by atoms with Crippen LogP contribution in [0.3, 0.4) is 0 Å². The van der Waals surface area contributed by atoms with Crippen molar-refractivity contribution in [3.05, 3.63) is 34.9 Å². The van der Waals surface area contributed by atoms with E-state index < -0.39 is 11.6 Å². The Labute approximate surface area is 145 Å². The number of hydrogen-bond acceptors (Lipinski definition) is 4. The number of carbonyl (C=O) groups is 3. The van der Waals surface area contributed by atoms with E-state index >= 15 is 0 Å². The maximum Gasteiger partial charge on any atom is 0.322 e. The van der Waals surface area contributed by atoms with Gasteiger partial charge >= 0.3 is 6.03 Å². The molecule has 2 N–H and O–H groups in total. The number of nitrogens with one attached hydrogen (secondary N) is 2. The Hall–Kier alpha value is -2.88. The molecule has 4 amide bonds. The van der Waals surface area contributed by atoms with E-state index in [0.29, 0.717) is 25.1 Å². The van der Waals surface area contributed by atoms with Crippen LogP contribution in [-0.2, 0) is 22.7 Å². The molecule has 1 atom stereocenters. The first-order chi connectivity index (χ1) is 12.0. The predicted octanol–water partition coefficient (Wildman–Crippen LogP) is 1.17. The molecular formula is C18H18N4O3. The van der Waals surface area contributed by atoms with E-state index in [9.17, 15) is 14.4 Å². The molecule has 0 unspecified atom stereocenters. The highest BCUT2D eigenvalue weighted by molar-refractivity contribution is 6.07. The summed E-state index contributed by atoms with van der Waals surface area (Å²) >= 11 is 0. The van der Waals surface area contributed by atoms with Gasteiger partial charge in [-0.1, -0.05) is 6.07 Å². The molecule has 0 aromatic heterocycles. The Morgan fingerprint density at radius 1 is 1.28 bits per heavy atom. The molecule has 4 rings (SSSR count). The fourth-order valence-corrected chi connectivity index (χ4v) is 3.85. The topological polar surface area (TPSA) is 102 Å². The van der Waals surface area contributed by atoms with Gasteiger partial charge in [0.15, 0.2) is 0 Å². The summed E-state index contributed by atoms with van der Waals surface area (Å²) in [6.07, 6.45) is 2.33. The summed E-state index contributed by atoms with van der Waals surface area (Å²) in [6.45, 7) is 1.01. The van der Waals surface area contributed by atoms with Gasteiger partial charge in [0.05, 0.1) is 11.6 Å². The van der Waals surface area contributed by atoms with Crippen molar-refractivity contribution in [2.45, 2.75) is 44.3 Å². The van der Waals surface area contributed by atoms with Crippen molar-refractivity contribution >= 4 is 17.8 Å². The summed E-state index contributed by atoms with van der Waals surface area (Å²) < 4.78 is 0. The molecule has 1 saturated carbocycles. The smallest absolute Gasteiger partial charge is 0.322 e. The molecule has 1 aromatic carbocycles. The van der Waals surface area contributed by atoms with Crippen LogP contribution in [-0.4, -0.2) is 28.3 Å². The third-order valence-electron chi connectivity index (χ3n) is 5.39. The first-order valence-corrected chi connectivity index (χ1v) is 8.45. The zero-order valence-corrected chi connectivity index (χ0v) is 13.7. The van der Waals surface area contributed by atoms with E-state index in [2.05, 4.69) is 16.7 Å². The van der Waals surface area contributed by atoms with Crippen LogP contribution in [0.15, 0.2) is 18.2 Å². The Balaban J connectivity index is 1.42. The van der Waals surface area contributed by atoms with Gasteiger partial charge < -0.3 is 10.2 Å². The molecule has 3 aliphatic rings. The number of imide groups is 1. The average Bonchev–Trinajstić information content (AvgIpc) is 3.29. The van der Waals surface area contributed by atoms with Gasteiger partial charge in [-0.05, 0) is 48.4 Å². The molecule has 2 fully saturated rings. The highest BCUT2D eigenvalue weighted by Crippen LogP contribution is 2.44. The van der Waals surface area contributed by atoms with Crippen LogP contribution < -0.4 is 10.6 Å². The van der Waals surface area contributed by atoms with Gasteiger partial charge in [0.1, 0.15) is 5.54 Å². The van der Waals surface area contributed by atoms with E-state index in [4.69, 9.17) is 5.26 Å². The van der Waals surface area contributed by atoms with Gasteiger partial charge in [-0.3, -0.25) is 14.9 Å². The van der Waals surface area contributed by atoms with Crippen LogP contribution in [0.1, 0.15) is 42.4 Å². The standard InChI is InChI=1S/C18H18N4O3/c19-8-11-1-2-12-9-22(10-13(12)7-11)15(23)5-6-18(14-3-4-14)16(24)20-17(25)21-18/h1-2,7,14H,3-6,9-10H2,(H2,20,21,24,25)/t18-/m0/s1. The number of fused-ring (bicyclic) bond motifs is 1. The lowest BCUT2D eigenvalue weighted by atomic mass is 9.88. The molecule has 7 nitrogen and oxygen atoms in total. The second kappa shape index (κ2) is 5.59. The second-order valence-corrected chi connectivity index (χ2v) is 7.00. The highest BCUT2D eigenvalue weighted by Gasteiger charge is 2.55. The molecule has 0 bridgehead atoms. The van der Waals surface area contributed by atoms with Crippen molar-refractivity contribution in [1.29, 1.82) is 5.26 Å². The maximum absolute atomic E-state index is 12.6. The summed E-state index contributed by atoms with van der Waals surface area (Å²) in [6, 6.07) is 7.10. The van der Waals surface area contributed by atoms with Crippen LogP contribution in [0.5, 0.6) is 0 Å². The minimum absolute atomic E-state index is 0.0383. The SMILES string of the molecule is N#Cc1ccc2c(c1)CN(C(=O)CC[C@@]1(C3CC3)NC(=O)NC1=O)C2. The number of nitrogens with zero attached hydrogens (tertiary/aromatic N) is 2. The van der Waals surface area contributed by atoms with Crippen molar-refractivity contribution in [1.82, 2.24) is 15.5 Å². The van der Waals surface area contributed by atoms with Crippen molar-refractivity contribution in [2.24, 2.45) is 5.92 Å². The summed E-state index contributed by atoms with van der Waals surface area (Å²) in [4.78, 5) is 38.1. The van der Waals surface area contributed by atoms with Crippen LogP contribution in [0.25, 0.3) is 0 Å². The van der Waals surface area contributed by atoms with Crippen molar-refractivity contribution in [2.75, 3.05) is 0 Å². The van der Waals surface area contributed by atoms with Crippen molar-refractivity contribution < 1.29 is 14.4 Å². The Kier molecular flexibility index (Phi) is 3.49. The second-order valence-electron chi connectivity index (χ2n) is 7.00. The lowest BCUT2D eigenvalue weighted by Crippen LogP contribution is -2.49. The Morgan fingerprint density at radius 2 is 2.04 bits per heavy atom. The lowest BCUT2D eigenvalue weighted by Gasteiger charge is -2.26. The molecule has 25 heavy (non-hydrogen) atoms. The van der Waals surface area contributed by atoms with Crippen molar-refractivity contribution in [3.63, 3.8) is 0 Å². The number of hydrogen-bond donors (Lipinski definition) is 2. The van der Waals surface area contributed by atoms with E-state index in [1.807, 2.05) is 12.1 Å². The molecule has 0 radical (unpaired) electrons. The number of benzene rings is 1. The molecular weight excluding hydrogens is 320 g/mol. The lowest BCUT2D eigenvalue weighted by molar-refractivity contribution is -0.133. The number of carbonyl (C=O) groups excluding carboxylic acids is 3. The van der Waals surface area contributed by atoms with Gasteiger partial charge in [0.25, 0.3) is 5.91 Å². The van der Waals surface area contributed by atoms with Gasteiger partial charge in [0, 0.05) is 19.5 Å². The molecule has 1 aromatic rings. The number of urea groups is 1. The Morgan fingerprint density at radius 3 is 2.68 bits per heavy atom. The molecule has 7 heteroatoms. The highest BCUT2D eigenvalue weighted by atomic mass is 16.2. The monoisotopic (exact) mass is 338 g/mol. The van der Waals surface area contributed by atoms with Gasteiger partial charge in [-0.25, -0.2) is 4.79 Å². The predicted molar refractivity (Wildman–Crippen MR) is 86.8 cm³/mol. The quantitative estimate of drug-likeness (QED) is 0.804. The molecule has 1 aliphatic carbocycles. The number of amides is 4. The van der Waals surface area contributed by atoms with Crippen LogP contribution in [0.4, 0.5) is 4.79 Å². The third-order valence-corrected chi connectivity index (χ3v) is 5.39. The summed E-state index contributed by atoms with van der Waals surface area (Å²) in [5.74, 6) is -0.222. The maximum atomic E-state index is 12.6. The number of nitriles is 1. The van der Waals surface area contributed by atoms with Crippen LogP contribution in [0.2, 0.25) is 0 Å².